The second-order valence-electron chi connectivity index (χ2n) is 3.05. The molecule has 0 radical (unpaired) electrons. The van der Waals surface area contributed by atoms with Gasteiger partial charge in [0.2, 0.25) is 0 Å². The van der Waals surface area contributed by atoms with Crippen molar-refractivity contribution in [3.05, 3.63) is 12.2 Å². The van der Waals surface area contributed by atoms with Crippen LogP contribution in [0.3, 0.4) is 0 Å². The largest absolute Gasteiger partial charge is 0.390 e. The Bertz CT molecular complexity index is 142. The minimum absolute atomic E-state index is 0.00116. The molecule has 64 valence electrons. The Morgan fingerprint density at radius 1 is 1.73 bits per heavy atom. The van der Waals surface area contributed by atoms with Gasteiger partial charge in [0.1, 0.15) is 0 Å². The number of aliphatic hydroxyl groups excluding tert-OH is 1. The molecule has 1 fully saturated rings. The lowest BCUT2D eigenvalue weighted by Gasteiger charge is -2.28. The van der Waals surface area contributed by atoms with Gasteiger partial charge in [-0.2, -0.15) is 0 Å². The van der Waals surface area contributed by atoms with E-state index >= 15 is 0 Å². The van der Waals surface area contributed by atoms with Gasteiger partial charge in [-0.05, 0) is 26.2 Å². The van der Waals surface area contributed by atoms with Crippen molar-refractivity contribution in [1.82, 2.24) is 0 Å². The van der Waals surface area contributed by atoms with E-state index in [1.165, 1.54) is 5.57 Å². The zero-order valence-electron chi connectivity index (χ0n) is 7.05. The van der Waals surface area contributed by atoms with Crippen LogP contribution in [0.25, 0.3) is 0 Å². The van der Waals surface area contributed by atoms with Crippen LogP contribution >= 0.6 is 0 Å². The van der Waals surface area contributed by atoms with Gasteiger partial charge in [0, 0.05) is 6.61 Å². The van der Waals surface area contributed by atoms with E-state index in [2.05, 4.69) is 6.58 Å². The standard InChI is InChI=1S/C9H16O2/c1-3-11-9-6-7(2)4-5-8(9)10/h8-10H,2-6H2,1H3. The van der Waals surface area contributed by atoms with Crippen LogP contribution in [0.5, 0.6) is 0 Å². The molecule has 0 aromatic carbocycles. The van der Waals surface area contributed by atoms with Crippen LogP contribution in [0.15, 0.2) is 12.2 Å². The summed E-state index contributed by atoms with van der Waals surface area (Å²) in [7, 11) is 0. The van der Waals surface area contributed by atoms with Crippen molar-refractivity contribution < 1.29 is 9.84 Å². The van der Waals surface area contributed by atoms with Crippen molar-refractivity contribution in [2.45, 2.75) is 38.4 Å². The van der Waals surface area contributed by atoms with Crippen molar-refractivity contribution in [1.29, 1.82) is 0 Å². The average molecular weight is 156 g/mol. The van der Waals surface area contributed by atoms with E-state index in [1.807, 2.05) is 6.92 Å². The summed E-state index contributed by atoms with van der Waals surface area (Å²) in [6.07, 6.45) is 2.31. The molecule has 0 aromatic heterocycles. The Kier molecular flexibility index (Phi) is 3.09. The maximum atomic E-state index is 9.45. The third-order valence-electron chi connectivity index (χ3n) is 2.09. The highest BCUT2D eigenvalue weighted by Gasteiger charge is 2.24. The number of ether oxygens (including phenoxy) is 1. The van der Waals surface area contributed by atoms with Crippen molar-refractivity contribution in [3.63, 3.8) is 0 Å². The lowest BCUT2D eigenvalue weighted by atomic mass is 9.91. The lowest BCUT2D eigenvalue weighted by molar-refractivity contribution is -0.0436. The Hall–Kier alpha value is -0.340. The smallest absolute Gasteiger partial charge is 0.0870 e. The molecule has 1 N–H and O–H groups in total. The van der Waals surface area contributed by atoms with Gasteiger partial charge < -0.3 is 9.84 Å². The highest BCUT2D eigenvalue weighted by Crippen LogP contribution is 2.24. The minimum atomic E-state index is -0.277. The van der Waals surface area contributed by atoms with Gasteiger partial charge in [0.25, 0.3) is 0 Å². The quantitative estimate of drug-likeness (QED) is 0.614. The predicted molar refractivity (Wildman–Crippen MR) is 44.4 cm³/mol. The summed E-state index contributed by atoms with van der Waals surface area (Å²) in [5, 5.41) is 9.45. The van der Waals surface area contributed by atoms with E-state index in [1.54, 1.807) is 0 Å². The SMILES string of the molecule is C=C1CCC(O)C(OCC)C1. The van der Waals surface area contributed by atoms with Crippen LogP contribution < -0.4 is 0 Å². The molecule has 2 nitrogen and oxygen atoms in total. The Labute approximate surface area is 67.9 Å². The molecule has 2 atom stereocenters. The van der Waals surface area contributed by atoms with Crippen LogP contribution in [0.2, 0.25) is 0 Å². The molecule has 0 bridgehead atoms. The van der Waals surface area contributed by atoms with E-state index < -0.39 is 0 Å². The average Bonchev–Trinajstić information content (AvgIpc) is 1.98. The van der Waals surface area contributed by atoms with Gasteiger partial charge in [0.15, 0.2) is 0 Å². The Morgan fingerprint density at radius 3 is 3.09 bits per heavy atom. The van der Waals surface area contributed by atoms with Crippen LogP contribution in [0.1, 0.15) is 26.2 Å². The number of aliphatic hydroxyl groups is 1. The number of hydrogen-bond acceptors (Lipinski definition) is 2. The molecule has 0 spiro atoms. The zero-order valence-corrected chi connectivity index (χ0v) is 7.05. The normalized spacial score (nSPS) is 32.4. The zero-order chi connectivity index (χ0) is 8.27. The highest BCUT2D eigenvalue weighted by molar-refractivity contribution is 5.02. The molecule has 0 saturated heterocycles. The fourth-order valence-corrected chi connectivity index (χ4v) is 1.44. The van der Waals surface area contributed by atoms with Crippen molar-refractivity contribution in [3.8, 4) is 0 Å². The van der Waals surface area contributed by atoms with Crippen molar-refractivity contribution in [2.24, 2.45) is 0 Å². The molecule has 1 saturated carbocycles. The minimum Gasteiger partial charge on any atom is -0.390 e. The van der Waals surface area contributed by atoms with Crippen LogP contribution in [0, 0.1) is 0 Å². The molecule has 0 heterocycles. The molecule has 1 rings (SSSR count). The Balaban J connectivity index is 2.40. The summed E-state index contributed by atoms with van der Waals surface area (Å²) in [5.41, 5.74) is 1.20. The van der Waals surface area contributed by atoms with Crippen LogP contribution in [-0.4, -0.2) is 23.9 Å². The first kappa shape index (κ1) is 8.75. The first-order valence-corrected chi connectivity index (χ1v) is 4.20. The third kappa shape index (κ3) is 2.31. The maximum absolute atomic E-state index is 9.45. The summed E-state index contributed by atoms with van der Waals surface area (Å²) in [6.45, 7) is 6.51. The molecule has 2 unspecified atom stereocenters. The van der Waals surface area contributed by atoms with Gasteiger partial charge in [0.05, 0.1) is 12.2 Å². The van der Waals surface area contributed by atoms with Crippen molar-refractivity contribution >= 4 is 0 Å². The molecule has 0 aliphatic heterocycles. The molecule has 0 amide bonds. The highest BCUT2D eigenvalue weighted by atomic mass is 16.5. The lowest BCUT2D eigenvalue weighted by Crippen LogP contribution is -2.32. The summed E-state index contributed by atoms with van der Waals surface area (Å²) in [5.74, 6) is 0. The van der Waals surface area contributed by atoms with Gasteiger partial charge in [-0.25, -0.2) is 0 Å². The third-order valence-corrected chi connectivity index (χ3v) is 2.09. The van der Waals surface area contributed by atoms with Gasteiger partial charge in [-0.3, -0.25) is 0 Å². The summed E-state index contributed by atoms with van der Waals surface area (Å²) < 4.78 is 5.35. The van der Waals surface area contributed by atoms with E-state index in [9.17, 15) is 5.11 Å². The Morgan fingerprint density at radius 2 is 2.45 bits per heavy atom. The second kappa shape index (κ2) is 3.88. The fraction of sp³-hybridized carbons (Fsp3) is 0.778. The summed E-state index contributed by atoms with van der Waals surface area (Å²) in [6, 6.07) is 0. The van der Waals surface area contributed by atoms with E-state index in [4.69, 9.17) is 4.74 Å². The summed E-state index contributed by atoms with van der Waals surface area (Å²) in [4.78, 5) is 0. The first-order valence-electron chi connectivity index (χ1n) is 4.20. The van der Waals surface area contributed by atoms with Gasteiger partial charge >= 0.3 is 0 Å². The van der Waals surface area contributed by atoms with Gasteiger partial charge in [-0.15, -0.1) is 0 Å². The van der Waals surface area contributed by atoms with Crippen LogP contribution in [0.4, 0.5) is 0 Å². The van der Waals surface area contributed by atoms with Crippen LogP contribution in [-0.2, 0) is 4.74 Å². The molecule has 0 aromatic rings. The number of rotatable bonds is 2. The topological polar surface area (TPSA) is 29.5 Å². The molecule has 2 heteroatoms. The predicted octanol–water partition coefficient (Wildman–Crippen LogP) is 1.49. The maximum Gasteiger partial charge on any atom is 0.0870 e. The molecule has 1 aliphatic carbocycles. The van der Waals surface area contributed by atoms with E-state index in [-0.39, 0.29) is 12.2 Å². The van der Waals surface area contributed by atoms with E-state index in [0.717, 1.165) is 19.3 Å². The van der Waals surface area contributed by atoms with E-state index in [0.29, 0.717) is 6.61 Å². The number of hydrogen-bond donors (Lipinski definition) is 1. The molecular weight excluding hydrogens is 140 g/mol. The summed E-state index contributed by atoms with van der Waals surface area (Å²) >= 11 is 0. The van der Waals surface area contributed by atoms with Gasteiger partial charge in [-0.1, -0.05) is 12.2 Å². The fourth-order valence-electron chi connectivity index (χ4n) is 1.44. The molecule has 11 heavy (non-hydrogen) atoms. The van der Waals surface area contributed by atoms with Crippen molar-refractivity contribution in [2.75, 3.05) is 6.61 Å². The molecular formula is C9H16O2. The first-order chi connectivity index (χ1) is 5.24. The molecule has 1 aliphatic rings. The second-order valence-corrected chi connectivity index (χ2v) is 3.05. The monoisotopic (exact) mass is 156 g/mol.